The van der Waals surface area contributed by atoms with E-state index in [1.807, 2.05) is 0 Å². The predicted molar refractivity (Wildman–Crippen MR) is 50.0 cm³/mol. The number of hydrogen-bond acceptors (Lipinski definition) is 3. The summed E-state index contributed by atoms with van der Waals surface area (Å²) >= 11 is 0. The van der Waals surface area contributed by atoms with Crippen molar-refractivity contribution in [2.75, 3.05) is 6.54 Å². The molecule has 1 aliphatic heterocycles. The van der Waals surface area contributed by atoms with Crippen LogP contribution in [0, 0.1) is 0 Å². The predicted octanol–water partition coefficient (Wildman–Crippen LogP) is 2.47. The molecule has 0 aromatic carbocycles. The fraction of sp³-hybridized carbons (Fsp3) is 1.00. The number of hydrogen-bond donors (Lipinski definition) is 1. The van der Waals surface area contributed by atoms with Gasteiger partial charge in [-0.15, -0.1) is 0 Å². The summed E-state index contributed by atoms with van der Waals surface area (Å²) in [5.41, 5.74) is 5.41. The molecule has 0 aromatic heterocycles. The van der Waals surface area contributed by atoms with Gasteiger partial charge < -0.3 is 5.73 Å². The Balaban J connectivity index is 1.77. The molecule has 0 radical (unpaired) electrons. The molecule has 12 heavy (non-hydrogen) atoms. The molecular weight excluding hydrogens is 150 g/mol. The lowest BCUT2D eigenvalue weighted by Gasteiger charge is -2.02. The topological polar surface area (TPSA) is 50.7 Å². The van der Waals surface area contributed by atoms with Crippen LogP contribution < -0.4 is 5.73 Å². The average Bonchev–Trinajstić information content (AvgIpc) is 2.77. The fourth-order valence-electron chi connectivity index (χ4n) is 1.32. The summed E-state index contributed by atoms with van der Waals surface area (Å²) in [6.45, 7) is 2.93. The van der Waals surface area contributed by atoms with Crippen LogP contribution in [0.25, 0.3) is 0 Å². The molecule has 0 atom stereocenters. The van der Waals surface area contributed by atoms with Crippen molar-refractivity contribution in [1.82, 2.24) is 0 Å². The monoisotopic (exact) mass is 169 g/mol. The van der Waals surface area contributed by atoms with Crippen LogP contribution in [0.15, 0.2) is 10.2 Å². The van der Waals surface area contributed by atoms with E-state index in [9.17, 15) is 0 Å². The molecule has 0 spiro atoms. The highest BCUT2D eigenvalue weighted by atomic mass is 15.4. The van der Waals surface area contributed by atoms with Crippen molar-refractivity contribution in [3.8, 4) is 0 Å². The number of unbranched alkanes of at least 4 members (excludes halogenated alkanes) is 4. The Bertz CT molecular complexity index is 148. The van der Waals surface area contributed by atoms with E-state index in [-0.39, 0.29) is 5.66 Å². The Morgan fingerprint density at radius 3 is 2.17 bits per heavy atom. The molecule has 0 bridgehead atoms. The van der Waals surface area contributed by atoms with Gasteiger partial charge in [-0.3, -0.25) is 0 Å². The molecular formula is C9H19N3. The third-order valence-electron chi connectivity index (χ3n) is 2.30. The lowest BCUT2D eigenvalue weighted by atomic mass is 10.1. The summed E-state index contributed by atoms with van der Waals surface area (Å²) in [5.74, 6) is 0. The van der Waals surface area contributed by atoms with Gasteiger partial charge in [0.2, 0.25) is 0 Å². The van der Waals surface area contributed by atoms with E-state index in [1.165, 1.54) is 32.1 Å². The second kappa shape index (κ2) is 4.55. The molecule has 1 rings (SSSR count). The van der Waals surface area contributed by atoms with Gasteiger partial charge in [0.15, 0.2) is 5.66 Å². The Kier molecular flexibility index (Phi) is 3.66. The SMILES string of the molecule is CC1(CCCCCCCN)N=N1. The Hall–Kier alpha value is -0.440. The van der Waals surface area contributed by atoms with Crippen molar-refractivity contribution in [2.45, 2.75) is 51.1 Å². The zero-order chi connectivity index (χ0) is 8.86. The molecule has 1 aliphatic rings. The molecule has 3 heteroatoms. The first kappa shape index (κ1) is 9.65. The van der Waals surface area contributed by atoms with Gasteiger partial charge >= 0.3 is 0 Å². The second-order valence-electron chi connectivity index (χ2n) is 3.72. The highest BCUT2D eigenvalue weighted by Crippen LogP contribution is 2.32. The van der Waals surface area contributed by atoms with Crippen molar-refractivity contribution < 1.29 is 0 Å². The van der Waals surface area contributed by atoms with Crippen molar-refractivity contribution >= 4 is 0 Å². The molecule has 0 aliphatic carbocycles. The first-order valence-corrected chi connectivity index (χ1v) is 4.91. The zero-order valence-electron chi connectivity index (χ0n) is 7.92. The van der Waals surface area contributed by atoms with E-state index in [0.29, 0.717) is 0 Å². The van der Waals surface area contributed by atoms with Gasteiger partial charge in [0, 0.05) is 0 Å². The van der Waals surface area contributed by atoms with Crippen molar-refractivity contribution in [3.05, 3.63) is 0 Å². The third kappa shape index (κ3) is 3.81. The maximum atomic E-state index is 5.39. The standard InChI is InChI=1S/C9H19N3/c1-9(11-12-9)7-5-3-2-4-6-8-10/h2-8,10H2,1H3. The molecule has 0 saturated carbocycles. The number of nitrogens with zero attached hydrogens (tertiary/aromatic N) is 2. The van der Waals surface area contributed by atoms with Crippen molar-refractivity contribution in [2.24, 2.45) is 16.0 Å². The van der Waals surface area contributed by atoms with Gasteiger partial charge in [0.05, 0.1) is 0 Å². The summed E-state index contributed by atoms with van der Waals surface area (Å²) in [6.07, 6.45) is 7.46. The van der Waals surface area contributed by atoms with Gasteiger partial charge in [-0.25, -0.2) is 0 Å². The summed E-state index contributed by atoms with van der Waals surface area (Å²) in [5, 5.41) is 7.95. The van der Waals surface area contributed by atoms with Gasteiger partial charge in [-0.1, -0.05) is 19.3 Å². The van der Waals surface area contributed by atoms with Crippen LogP contribution in [0.5, 0.6) is 0 Å². The van der Waals surface area contributed by atoms with E-state index in [1.54, 1.807) is 0 Å². The van der Waals surface area contributed by atoms with E-state index >= 15 is 0 Å². The number of rotatable bonds is 7. The number of nitrogens with two attached hydrogens (primary N) is 1. The summed E-state index contributed by atoms with van der Waals surface area (Å²) in [7, 11) is 0. The maximum Gasteiger partial charge on any atom is 0.188 e. The smallest absolute Gasteiger partial charge is 0.188 e. The maximum absolute atomic E-state index is 5.39. The molecule has 0 amide bonds. The van der Waals surface area contributed by atoms with Crippen LogP contribution in [0.3, 0.4) is 0 Å². The minimum atomic E-state index is 0.0217. The van der Waals surface area contributed by atoms with E-state index in [4.69, 9.17) is 5.73 Å². The summed E-state index contributed by atoms with van der Waals surface area (Å²) < 4.78 is 0. The van der Waals surface area contributed by atoms with E-state index in [2.05, 4.69) is 17.2 Å². The Morgan fingerprint density at radius 1 is 1.00 bits per heavy atom. The summed E-state index contributed by atoms with van der Waals surface area (Å²) in [6, 6.07) is 0. The molecule has 0 aromatic rings. The molecule has 70 valence electrons. The Morgan fingerprint density at radius 2 is 1.58 bits per heavy atom. The van der Waals surface area contributed by atoms with Gasteiger partial charge in [0.1, 0.15) is 0 Å². The van der Waals surface area contributed by atoms with Crippen LogP contribution >= 0.6 is 0 Å². The lowest BCUT2D eigenvalue weighted by molar-refractivity contribution is 0.525. The Labute approximate surface area is 74.4 Å². The lowest BCUT2D eigenvalue weighted by Crippen LogP contribution is -2.03. The second-order valence-corrected chi connectivity index (χ2v) is 3.72. The first-order valence-electron chi connectivity index (χ1n) is 4.91. The third-order valence-corrected chi connectivity index (χ3v) is 2.30. The molecule has 2 N–H and O–H groups in total. The highest BCUT2D eigenvalue weighted by Gasteiger charge is 2.32. The largest absolute Gasteiger partial charge is 0.330 e. The van der Waals surface area contributed by atoms with Gasteiger partial charge in [-0.2, -0.15) is 10.2 Å². The molecule has 0 unspecified atom stereocenters. The van der Waals surface area contributed by atoms with E-state index in [0.717, 1.165) is 13.0 Å². The quantitative estimate of drug-likeness (QED) is 0.585. The molecule has 0 saturated heterocycles. The van der Waals surface area contributed by atoms with Gasteiger partial charge in [-0.05, 0) is 32.7 Å². The first-order chi connectivity index (χ1) is 5.77. The van der Waals surface area contributed by atoms with Gasteiger partial charge in [0.25, 0.3) is 0 Å². The van der Waals surface area contributed by atoms with Crippen LogP contribution in [0.2, 0.25) is 0 Å². The molecule has 1 heterocycles. The summed E-state index contributed by atoms with van der Waals surface area (Å²) in [4.78, 5) is 0. The van der Waals surface area contributed by atoms with Crippen LogP contribution in [-0.2, 0) is 0 Å². The average molecular weight is 169 g/mol. The van der Waals surface area contributed by atoms with Crippen molar-refractivity contribution in [1.29, 1.82) is 0 Å². The van der Waals surface area contributed by atoms with E-state index < -0.39 is 0 Å². The molecule has 0 fully saturated rings. The molecule has 3 nitrogen and oxygen atoms in total. The highest BCUT2D eigenvalue weighted by molar-refractivity contribution is 4.87. The van der Waals surface area contributed by atoms with Crippen LogP contribution in [-0.4, -0.2) is 12.2 Å². The van der Waals surface area contributed by atoms with Crippen LogP contribution in [0.1, 0.15) is 45.4 Å². The normalized spacial score (nSPS) is 18.2. The van der Waals surface area contributed by atoms with Crippen molar-refractivity contribution in [3.63, 3.8) is 0 Å². The zero-order valence-corrected chi connectivity index (χ0v) is 7.92. The minimum Gasteiger partial charge on any atom is -0.330 e. The fourth-order valence-corrected chi connectivity index (χ4v) is 1.32. The van der Waals surface area contributed by atoms with Crippen LogP contribution in [0.4, 0.5) is 0 Å². The minimum absolute atomic E-state index is 0.0217.